The second-order valence-corrected chi connectivity index (χ2v) is 10.5. The summed E-state index contributed by atoms with van der Waals surface area (Å²) in [6.07, 6.45) is 9.04. The Morgan fingerprint density at radius 2 is 1.57 bits per heavy atom. The maximum absolute atomic E-state index is 13.4. The van der Waals surface area contributed by atoms with E-state index in [1.54, 1.807) is 0 Å². The summed E-state index contributed by atoms with van der Waals surface area (Å²) in [6.45, 7) is 7.18. The maximum Gasteiger partial charge on any atom is 0.243 e. The molecule has 0 aromatic rings. The molecule has 1 heterocycles. The lowest BCUT2D eigenvalue weighted by molar-refractivity contribution is -0.149. The van der Waals surface area contributed by atoms with E-state index in [1.165, 1.54) is 19.3 Å². The van der Waals surface area contributed by atoms with Crippen molar-refractivity contribution in [2.75, 3.05) is 6.54 Å². The van der Waals surface area contributed by atoms with E-state index >= 15 is 0 Å². The van der Waals surface area contributed by atoms with Crippen LogP contribution in [0.25, 0.3) is 0 Å². The SMILES string of the molecule is CC1CC(NC(=O)C(NC(=O)C23CC4CC(CC(C4)C2)C3)C(C)C)CCN1.Cl. The van der Waals surface area contributed by atoms with Crippen molar-refractivity contribution in [3.63, 3.8) is 0 Å². The molecule has 0 aromatic heterocycles. The minimum Gasteiger partial charge on any atom is -0.351 e. The Morgan fingerprint density at radius 3 is 2.07 bits per heavy atom. The first-order valence-corrected chi connectivity index (χ1v) is 11.2. The lowest BCUT2D eigenvalue weighted by Crippen LogP contribution is -2.59. The van der Waals surface area contributed by atoms with E-state index in [-0.39, 0.29) is 41.6 Å². The fourth-order valence-electron chi connectivity index (χ4n) is 6.77. The molecule has 6 heteroatoms. The third kappa shape index (κ3) is 4.35. The van der Waals surface area contributed by atoms with Crippen LogP contribution in [-0.2, 0) is 9.59 Å². The number of rotatable bonds is 5. The Labute approximate surface area is 176 Å². The van der Waals surface area contributed by atoms with Gasteiger partial charge < -0.3 is 16.0 Å². The highest BCUT2D eigenvalue weighted by Gasteiger charge is 2.55. The Bertz CT molecular complexity index is 559. The molecule has 4 saturated carbocycles. The Hall–Kier alpha value is -0.810. The van der Waals surface area contributed by atoms with E-state index in [1.807, 2.05) is 13.8 Å². The molecule has 0 radical (unpaired) electrons. The van der Waals surface area contributed by atoms with Gasteiger partial charge in [0, 0.05) is 17.5 Å². The average molecular weight is 412 g/mol. The van der Waals surface area contributed by atoms with E-state index in [9.17, 15) is 9.59 Å². The van der Waals surface area contributed by atoms with Gasteiger partial charge in [-0.1, -0.05) is 13.8 Å². The second kappa shape index (κ2) is 8.51. The van der Waals surface area contributed by atoms with Crippen molar-refractivity contribution >= 4 is 24.2 Å². The molecule has 3 N–H and O–H groups in total. The number of hydrogen-bond acceptors (Lipinski definition) is 3. The van der Waals surface area contributed by atoms with E-state index in [0.29, 0.717) is 6.04 Å². The fourth-order valence-corrected chi connectivity index (χ4v) is 6.77. The maximum atomic E-state index is 13.4. The van der Waals surface area contributed by atoms with Gasteiger partial charge >= 0.3 is 0 Å². The smallest absolute Gasteiger partial charge is 0.243 e. The van der Waals surface area contributed by atoms with E-state index in [0.717, 1.165) is 56.4 Å². The molecule has 5 nitrogen and oxygen atoms in total. The topological polar surface area (TPSA) is 70.2 Å². The van der Waals surface area contributed by atoms with Gasteiger partial charge in [0.15, 0.2) is 0 Å². The molecule has 3 atom stereocenters. The highest BCUT2D eigenvalue weighted by atomic mass is 35.5. The third-order valence-corrected chi connectivity index (χ3v) is 7.73. The van der Waals surface area contributed by atoms with Gasteiger partial charge in [-0.15, -0.1) is 12.4 Å². The summed E-state index contributed by atoms with van der Waals surface area (Å²) in [7, 11) is 0. The zero-order valence-electron chi connectivity index (χ0n) is 17.6. The molecule has 0 spiro atoms. The third-order valence-electron chi connectivity index (χ3n) is 7.73. The molecule has 1 aliphatic heterocycles. The summed E-state index contributed by atoms with van der Waals surface area (Å²) in [5.74, 6) is 2.48. The standard InChI is InChI=1S/C22H37N3O2.ClH/c1-13(2)19(20(26)24-18-4-5-23-14(3)6-18)25-21(27)22-10-15-7-16(11-22)9-17(8-15)12-22;/h13-19,23H,4-12H2,1-3H3,(H,24,26)(H,25,27);1H. The largest absolute Gasteiger partial charge is 0.351 e. The summed E-state index contributed by atoms with van der Waals surface area (Å²) in [6, 6.07) is 0.227. The highest BCUT2D eigenvalue weighted by Crippen LogP contribution is 2.60. The van der Waals surface area contributed by atoms with Gasteiger partial charge in [0.1, 0.15) is 6.04 Å². The van der Waals surface area contributed by atoms with Gasteiger partial charge in [-0.25, -0.2) is 0 Å². The normalized spacial score (nSPS) is 39.9. The van der Waals surface area contributed by atoms with Gasteiger partial charge in [-0.2, -0.15) is 0 Å². The minimum atomic E-state index is -0.421. The van der Waals surface area contributed by atoms with Gasteiger partial charge in [0.25, 0.3) is 0 Å². The number of halogens is 1. The lowest BCUT2D eigenvalue weighted by Gasteiger charge is -2.55. The van der Waals surface area contributed by atoms with E-state index < -0.39 is 6.04 Å². The van der Waals surface area contributed by atoms with Crippen molar-refractivity contribution < 1.29 is 9.59 Å². The second-order valence-electron chi connectivity index (χ2n) is 10.5. The molecule has 3 unspecified atom stereocenters. The fraction of sp³-hybridized carbons (Fsp3) is 0.909. The van der Waals surface area contributed by atoms with Crippen LogP contribution < -0.4 is 16.0 Å². The molecular formula is C22H38ClN3O2. The first-order chi connectivity index (χ1) is 12.8. The number of hydrogen-bond donors (Lipinski definition) is 3. The summed E-state index contributed by atoms with van der Waals surface area (Å²) < 4.78 is 0. The van der Waals surface area contributed by atoms with Crippen molar-refractivity contribution in [1.29, 1.82) is 0 Å². The monoisotopic (exact) mass is 411 g/mol. The van der Waals surface area contributed by atoms with Crippen molar-refractivity contribution in [3.8, 4) is 0 Å². The first-order valence-electron chi connectivity index (χ1n) is 11.2. The van der Waals surface area contributed by atoms with Crippen LogP contribution in [0.2, 0.25) is 0 Å². The predicted molar refractivity (Wildman–Crippen MR) is 113 cm³/mol. The molecule has 4 aliphatic carbocycles. The number of carbonyl (C=O) groups excluding carboxylic acids is 2. The molecule has 5 rings (SSSR count). The molecule has 0 aromatic carbocycles. The summed E-state index contributed by atoms with van der Waals surface area (Å²) in [5.41, 5.74) is -0.189. The average Bonchev–Trinajstić information content (AvgIpc) is 2.57. The van der Waals surface area contributed by atoms with Crippen LogP contribution in [0.5, 0.6) is 0 Å². The van der Waals surface area contributed by atoms with Crippen LogP contribution in [0.1, 0.15) is 72.1 Å². The van der Waals surface area contributed by atoms with Crippen molar-refractivity contribution in [1.82, 2.24) is 16.0 Å². The van der Waals surface area contributed by atoms with E-state index in [2.05, 4.69) is 22.9 Å². The van der Waals surface area contributed by atoms with Crippen LogP contribution in [0.15, 0.2) is 0 Å². The molecule has 4 bridgehead atoms. The summed E-state index contributed by atoms with van der Waals surface area (Å²) >= 11 is 0. The minimum absolute atomic E-state index is 0. The Balaban J connectivity index is 0.00000225. The zero-order chi connectivity index (χ0) is 19.2. The Kier molecular flexibility index (Phi) is 6.65. The van der Waals surface area contributed by atoms with Crippen LogP contribution in [0, 0.1) is 29.1 Å². The number of carbonyl (C=O) groups is 2. The van der Waals surface area contributed by atoms with Crippen LogP contribution in [0.4, 0.5) is 0 Å². The summed E-state index contributed by atoms with van der Waals surface area (Å²) in [4.78, 5) is 26.3. The zero-order valence-corrected chi connectivity index (χ0v) is 18.4. The molecule has 28 heavy (non-hydrogen) atoms. The predicted octanol–water partition coefficient (Wildman–Crippen LogP) is 3.02. The van der Waals surface area contributed by atoms with Crippen molar-refractivity contribution in [3.05, 3.63) is 0 Å². The molecule has 2 amide bonds. The summed E-state index contributed by atoms with van der Waals surface area (Å²) in [5, 5.41) is 9.85. The Morgan fingerprint density at radius 1 is 1.00 bits per heavy atom. The van der Waals surface area contributed by atoms with Gasteiger partial charge in [-0.05, 0) is 88.5 Å². The van der Waals surface area contributed by atoms with Gasteiger partial charge in [0.05, 0.1) is 0 Å². The van der Waals surface area contributed by atoms with E-state index in [4.69, 9.17) is 0 Å². The van der Waals surface area contributed by atoms with Gasteiger partial charge in [0.2, 0.25) is 11.8 Å². The van der Waals surface area contributed by atoms with Crippen LogP contribution >= 0.6 is 12.4 Å². The molecule has 5 fully saturated rings. The van der Waals surface area contributed by atoms with Crippen molar-refractivity contribution in [2.24, 2.45) is 29.1 Å². The number of nitrogens with one attached hydrogen (secondary N) is 3. The van der Waals surface area contributed by atoms with Crippen LogP contribution in [0.3, 0.4) is 0 Å². The quantitative estimate of drug-likeness (QED) is 0.651. The molecule has 160 valence electrons. The first kappa shape index (κ1) is 21.9. The molecule has 5 aliphatic rings. The number of piperidine rings is 1. The highest BCUT2D eigenvalue weighted by molar-refractivity contribution is 5.90. The van der Waals surface area contributed by atoms with Crippen LogP contribution in [-0.4, -0.2) is 36.5 Å². The lowest BCUT2D eigenvalue weighted by atomic mass is 9.49. The number of amides is 2. The molecular weight excluding hydrogens is 374 g/mol. The van der Waals surface area contributed by atoms with Gasteiger partial charge in [-0.3, -0.25) is 9.59 Å². The van der Waals surface area contributed by atoms with Crippen molar-refractivity contribution in [2.45, 2.75) is 90.3 Å². The molecule has 1 saturated heterocycles.